The smallest absolute Gasteiger partial charge is 0.307 e. The molecule has 0 amide bonds. The number of carbonyl (C=O) groups excluding carboxylic acids is 1. The van der Waals surface area contributed by atoms with Gasteiger partial charge in [0.15, 0.2) is 22.7 Å². The second kappa shape index (κ2) is 9.08. The molecule has 3 aliphatic heterocycles. The van der Waals surface area contributed by atoms with Gasteiger partial charge in [-0.3, -0.25) is 4.79 Å². The molecule has 12 heteroatoms. The molecule has 3 aliphatic rings. The Morgan fingerprint density at radius 3 is 2.71 bits per heavy atom. The minimum atomic E-state index is -3.19. The first-order chi connectivity index (χ1) is 14.7. The second-order valence-corrected chi connectivity index (χ2v) is 12.1. The molecule has 2 saturated heterocycles. The second-order valence-electron chi connectivity index (χ2n) is 8.29. The summed E-state index contributed by atoms with van der Waals surface area (Å²) in [7, 11) is -1.18. The number of anilines is 2. The molecule has 1 atom stereocenters. The zero-order chi connectivity index (χ0) is 22.2. The minimum absolute atomic E-state index is 0.135. The van der Waals surface area contributed by atoms with Gasteiger partial charge in [-0.15, -0.1) is 0 Å². The Morgan fingerprint density at radius 2 is 2.03 bits per heavy atom. The average molecular weight is 474 g/mol. The molecule has 10 nitrogen and oxygen atoms in total. The molecular weight excluding hydrogens is 444 g/mol. The highest BCUT2D eigenvalue weighted by atomic mass is 32.2. The van der Waals surface area contributed by atoms with E-state index in [9.17, 15) is 17.8 Å². The first kappa shape index (κ1) is 22.6. The lowest BCUT2D eigenvalue weighted by atomic mass is 10.1. The van der Waals surface area contributed by atoms with Crippen molar-refractivity contribution in [1.82, 2.24) is 9.97 Å². The van der Waals surface area contributed by atoms with Gasteiger partial charge in [-0.2, -0.15) is 9.54 Å². The Hall–Kier alpha value is -1.63. The molecule has 4 heterocycles. The Morgan fingerprint density at radius 1 is 1.32 bits per heavy atom. The fraction of sp³-hybridized carbons (Fsp3) is 0.737. The molecule has 0 spiro atoms. The molecule has 31 heavy (non-hydrogen) atoms. The van der Waals surface area contributed by atoms with Crippen LogP contribution in [0, 0.1) is 0 Å². The van der Waals surface area contributed by atoms with Gasteiger partial charge in [0.05, 0.1) is 25.3 Å². The van der Waals surface area contributed by atoms with Crippen LogP contribution in [-0.4, -0.2) is 92.2 Å². The number of aromatic nitrogens is 2. The van der Waals surface area contributed by atoms with Crippen molar-refractivity contribution in [3.05, 3.63) is 5.69 Å². The molecule has 2 fully saturated rings. The van der Waals surface area contributed by atoms with E-state index in [2.05, 4.69) is 9.88 Å². The number of hydrogen-bond acceptors (Lipinski definition) is 10. The first-order valence-corrected chi connectivity index (χ1v) is 13.9. The van der Waals surface area contributed by atoms with Crippen molar-refractivity contribution in [2.24, 2.45) is 0 Å². The number of hydrogen-bond donors (Lipinski definition) is 1. The van der Waals surface area contributed by atoms with Crippen molar-refractivity contribution >= 4 is 38.7 Å². The highest BCUT2D eigenvalue weighted by Crippen LogP contribution is 2.36. The number of esters is 1. The molecule has 0 saturated carbocycles. The number of sulfone groups is 1. The summed E-state index contributed by atoms with van der Waals surface area (Å²) >= 11 is -0.849. The van der Waals surface area contributed by atoms with E-state index in [-0.39, 0.29) is 18.3 Å². The summed E-state index contributed by atoms with van der Waals surface area (Å²) in [6, 6.07) is 0.304. The molecule has 1 aromatic heterocycles. The Bertz CT molecular complexity index is 932. The van der Waals surface area contributed by atoms with Crippen LogP contribution in [-0.2, 0) is 41.7 Å². The van der Waals surface area contributed by atoms with Crippen LogP contribution in [0.1, 0.15) is 25.0 Å². The predicted octanol–water partition coefficient (Wildman–Crippen LogP) is 0.265. The van der Waals surface area contributed by atoms with Gasteiger partial charge in [0.2, 0.25) is 5.95 Å². The summed E-state index contributed by atoms with van der Waals surface area (Å²) in [4.78, 5) is 26.3. The van der Waals surface area contributed by atoms with Gasteiger partial charge in [0.1, 0.15) is 21.6 Å². The molecule has 1 aromatic rings. The lowest BCUT2D eigenvalue weighted by Gasteiger charge is -2.39. The van der Waals surface area contributed by atoms with Crippen molar-refractivity contribution in [2.45, 2.75) is 42.7 Å². The van der Waals surface area contributed by atoms with Crippen molar-refractivity contribution < 1.29 is 27.2 Å². The quantitative estimate of drug-likeness (QED) is 0.436. The van der Waals surface area contributed by atoms with Crippen LogP contribution in [0.4, 0.5) is 11.8 Å². The predicted molar refractivity (Wildman–Crippen MR) is 118 cm³/mol. The summed E-state index contributed by atoms with van der Waals surface area (Å²) in [6.07, 6.45) is 3.22. The van der Waals surface area contributed by atoms with Crippen LogP contribution in [0.2, 0.25) is 0 Å². The highest BCUT2D eigenvalue weighted by Gasteiger charge is 2.42. The third kappa shape index (κ3) is 5.24. The summed E-state index contributed by atoms with van der Waals surface area (Å²) in [5.74, 6) is 1.32. The number of rotatable bonds is 7. The van der Waals surface area contributed by atoms with Crippen LogP contribution >= 0.6 is 0 Å². The van der Waals surface area contributed by atoms with E-state index in [1.165, 1.54) is 0 Å². The van der Waals surface area contributed by atoms with E-state index < -0.39 is 27.0 Å². The normalized spacial score (nSPS) is 22.2. The van der Waals surface area contributed by atoms with Gasteiger partial charge in [-0.1, -0.05) is 0 Å². The standard InChI is InChI=1S/C19H29N4O6S2/c1-22(13-3-7-28-8-4-13)18-17-15(5-9-30(17)25)20-19(21-18)23-11-14(12-23)29-16(24)6-10-31(2,26)27/h13-14,25H,3-12H2,1-2H3/q+1. The zero-order valence-corrected chi connectivity index (χ0v) is 19.5. The van der Waals surface area contributed by atoms with Crippen LogP contribution in [0.3, 0.4) is 0 Å². The molecule has 172 valence electrons. The van der Waals surface area contributed by atoms with E-state index in [4.69, 9.17) is 14.5 Å². The largest absolute Gasteiger partial charge is 0.459 e. The van der Waals surface area contributed by atoms with E-state index in [0.29, 0.717) is 30.8 Å². The third-order valence-electron chi connectivity index (χ3n) is 5.85. The zero-order valence-electron chi connectivity index (χ0n) is 17.8. The van der Waals surface area contributed by atoms with Crippen molar-refractivity contribution in [2.75, 3.05) is 60.9 Å². The van der Waals surface area contributed by atoms with E-state index in [1.807, 2.05) is 11.9 Å². The van der Waals surface area contributed by atoms with Crippen LogP contribution < -0.4 is 9.80 Å². The highest BCUT2D eigenvalue weighted by molar-refractivity contribution is 7.92. The van der Waals surface area contributed by atoms with Gasteiger partial charge in [0, 0.05) is 39.0 Å². The average Bonchev–Trinajstić information content (AvgIpc) is 3.08. The lowest BCUT2D eigenvalue weighted by molar-refractivity contribution is -0.149. The lowest BCUT2D eigenvalue weighted by Crippen LogP contribution is -2.54. The molecule has 0 bridgehead atoms. The fourth-order valence-electron chi connectivity index (χ4n) is 3.99. The van der Waals surface area contributed by atoms with Crippen molar-refractivity contribution in [1.29, 1.82) is 0 Å². The van der Waals surface area contributed by atoms with Gasteiger partial charge < -0.3 is 19.3 Å². The summed E-state index contributed by atoms with van der Waals surface area (Å²) in [5.41, 5.74) is 0.887. The number of carbonyl (C=O) groups is 1. The van der Waals surface area contributed by atoms with Gasteiger partial charge >= 0.3 is 5.97 Å². The summed E-state index contributed by atoms with van der Waals surface area (Å²) < 4.78 is 43.8. The molecule has 1 unspecified atom stereocenters. The topological polar surface area (TPSA) is 122 Å². The monoisotopic (exact) mass is 473 g/mol. The third-order valence-corrected chi connectivity index (χ3v) is 8.28. The van der Waals surface area contributed by atoms with E-state index in [1.54, 1.807) is 0 Å². The number of aryl methyl sites for hydroxylation is 1. The van der Waals surface area contributed by atoms with Crippen molar-refractivity contribution in [3.8, 4) is 0 Å². The SMILES string of the molecule is CN(c1nc(N2CC(OC(=O)CCS(C)(=O)=O)C2)nc2c1[S+](O)CC2)C1CCOCC1. The number of nitrogens with zero attached hydrogens (tertiary/aromatic N) is 4. The molecule has 4 rings (SSSR count). The number of ether oxygens (including phenoxy) is 2. The summed E-state index contributed by atoms with van der Waals surface area (Å²) in [6.45, 7) is 2.38. The first-order valence-electron chi connectivity index (χ1n) is 10.4. The maximum absolute atomic E-state index is 11.9. The Labute approximate surface area is 185 Å². The molecule has 1 N–H and O–H groups in total. The maximum atomic E-state index is 11.9. The minimum Gasteiger partial charge on any atom is -0.459 e. The van der Waals surface area contributed by atoms with Crippen LogP contribution in [0.25, 0.3) is 0 Å². The van der Waals surface area contributed by atoms with Gasteiger partial charge in [-0.05, 0) is 12.8 Å². The van der Waals surface area contributed by atoms with Crippen LogP contribution in [0.15, 0.2) is 4.90 Å². The molecular formula is C19H29N4O6S2+. The van der Waals surface area contributed by atoms with Crippen molar-refractivity contribution in [3.63, 3.8) is 0 Å². The Kier molecular flexibility index (Phi) is 6.61. The van der Waals surface area contributed by atoms with Crippen LogP contribution in [0.5, 0.6) is 0 Å². The van der Waals surface area contributed by atoms with Gasteiger partial charge in [0.25, 0.3) is 4.90 Å². The molecule has 0 aliphatic carbocycles. The fourth-order valence-corrected chi connectivity index (χ4v) is 5.94. The van der Waals surface area contributed by atoms with E-state index >= 15 is 0 Å². The summed E-state index contributed by atoms with van der Waals surface area (Å²) in [5, 5.41) is 0. The number of fused-ring (bicyclic) bond motifs is 1. The maximum Gasteiger partial charge on any atom is 0.307 e. The van der Waals surface area contributed by atoms with Gasteiger partial charge in [-0.25, -0.2) is 13.4 Å². The van der Waals surface area contributed by atoms with E-state index in [0.717, 1.165) is 55.1 Å². The Balaban J connectivity index is 1.43. The molecule has 0 radical (unpaired) electrons. The molecule has 0 aromatic carbocycles.